The van der Waals surface area contributed by atoms with Crippen molar-refractivity contribution in [2.24, 2.45) is 0 Å². The summed E-state index contributed by atoms with van der Waals surface area (Å²) >= 11 is 0. The van der Waals surface area contributed by atoms with Crippen LogP contribution < -0.4 is 9.80 Å². The third kappa shape index (κ3) is 7.41. The monoisotopic (exact) mass is 1010 g/mol. The van der Waals surface area contributed by atoms with Gasteiger partial charge in [-0.15, -0.1) is 0 Å². The van der Waals surface area contributed by atoms with E-state index in [4.69, 9.17) is 8.83 Å². The highest BCUT2D eigenvalue weighted by Crippen LogP contribution is 2.59. The Morgan fingerprint density at radius 3 is 1.23 bits per heavy atom. The van der Waals surface area contributed by atoms with Crippen molar-refractivity contribution < 1.29 is 8.83 Å². The van der Waals surface area contributed by atoms with Crippen LogP contribution in [0.15, 0.2) is 264 Å². The van der Waals surface area contributed by atoms with E-state index in [2.05, 4.69) is 252 Å². The molecule has 0 unspecified atom stereocenters. The summed E-state index contributed by atoms with van der Waals surface area (Å²) in [4.78, 5) is 4.58. The zero-order valence-corrected chi connectivity index (χ0v) is 43.6. The van der Waals surface area contributed by atoms with Gasteiger partial charge in [0.15, 0.2) is 0 Å². The Kier molecular flexibility index (Phi) is 11.2. The number of aryl methyl sites for hydroxylation is 2. The molecule has 12 aromatic rings. The van der Waals surface area contributed by atoms with Crippen LogP contribution >= 0.6 is 0 Å². The zero-order valence-electron chi connectivity index (χ0n) is 43.6. The van der Waals surface area contributed by atoms with E-state index >= 15 is 0 Å². The number of hydrogen-bond acceptors (Lipinski definition) is 4. The van der Waals surface area contributed by atoms with Gasteiger partial charge in [0.05, 0.1) is 0 Å². The van der Waals surface area contributed by atoms with E-state index in [9.17, 15) is 0 Å². The van der Waals surface area contributed by atoms with Crippen molar-refractivity contribution in [2.45, 2.75) is 62.2 Å². The average molecular weight is 1010 g/mol. The number of benzene rings is 10. The first-order chi connectivity index (χ1) is 38.6. The number of anilines is 6. The summed E-state index contributed by atoms with van der Waals surface area (Å²) in [5, 5.41) is 2.15. The number of furan rings is 2. The lowest BCUT2D eigenvalue weighted by molar-refractivity contribution is 0.479. The fourth-order valence-electron chi connectivity index (χ4n) is 13.9. The number of unbranched alkanes of at least 4 members (excludes halogenated alkanes) is 3. The van der Waals surface area contributed by atoms with Crippen LogP contribution in [0.3, 0.4) is 0 Å². The van der Waals surface area contributed by atoms with Crippen LogP contribution in [0.4, 0.5) is 34.5 Å². The molecule has 0 radical (unpaired) electrons. The Morgan fingerprint density at radius 2 is 0.744 bits per heavy atom. The molecule has 0 N–H and O–H groups in total. The van der Waals surface area contributed by atoms with Crippen molar-refractivity contribution in [3.63, 3.8) is 0 Å². The van der Waals surface area contributed by atoms with E-state index in [0.717, 1.165) is 95.0 Å². The molecule has 0 amide bonds. The average Bonchev–Trinajstić information content (AvgIpc) is 4.40. The highest BCUT2D eigenvalue weighted by atomic mass is 16.4. The summed E-state index contributed by atoms with van der Waals surface area (Å²) in [6.45, 7) is 0. The molecule has 10 aromatic carbocycles. The van der Waals surface area contributed by atoms with Crippen LogP contribution in [-0.2, 0) is 23.7 Å². The van der Waals surface area contributed by atoms with Crippen LogP contribution in [0.5, 0.6) is 0 Å². The van der Waals surface area contributed by atoms with Crippen LogP contribution in [0, 0.1) is 0 Å². The normalized spacial score (nSPS) is 14.1. The van der Waals surface area contributed by atoms with E-state index in [1.165, 1.54) is 79.6 Å². The molecule has 15 rings (SSSR count). The summed E-state index contributed by atoms with van der Waals surface area (Å²) in [5.41, 5.74) is 21.8. The maximum Gasteiger partial charge on any atom is 0.205 e. The third-order valence-corrected chi connectivity index (χ3v) is 17.6. The van der Waals surface area contributed by atoms with E-state index in [-0.39, 0.29) is 5.41 Å². The fourth-order valence-corrected chi connectivity index (χ4v) is 13.9. The lowest BCUT2D eigenvalue weighted by Gasteiger charge is -2.35. The minimum atomic E-state index is -0.499. The molecule has 0 fully saturated rings. The predicted molar refractivity (Wildman–Crippen MR) is 320 cm³/mol. The highest BCUT2D eigenvalue weighted by molar-refractivity contribution is 5.92. The van der Waals surface area contributed by atoms with E-state index < -0.39 is 5.41 Å². The van der Waals surface area contributed by atoms with Gasteiger partial charge in [-0.3, -0.25) is 9.80 Å². The molecule has 0 spiro atoms. The van der Waals surface area contributed by atoms with Gasteiger partial charge >= 0.3 is 0 Å². The van der Waals surface area contributed by atoms with Crippen LogP contribution in [0.25, 0.3) is 44.2 Å². The Balaban J connectivity index is 0.845. The van der Waals surface area contributed by atoms with Crippen LogP contribution in [0.1, 0.15) is 83.0 Å². The second-order valence-electron chi connectivity index (χ2n) is 21.7. The van der Waals surface area contributed by atoms with Gasteiger partial charge in [0.1, 0.15) is 11.2 Å². The Morgan fingerprint density at radius 1 is 0.308 bits per heavy atom. The maximum atomic E-state index is 6.74. The van der Waals surface area contributed by atoms with E-state index in [0.29, 0.717) is 0 Å². The van der Waals surface area contributed by atoms with E-state index in [1.54, 1.807) is 0 Å². The second-order valence-corrected chi connectivity index (χ2v) is 21.7. The minimum absolute atomic E-state index is 0.186. The molecule has 0 bridgehead atoms. The molecule has 0 aliphatic heterocycles. The van der Waals surface area contributed by atoms with Crippen LogP contribution in [0.2, 0.25) is 0 Å². The lowest BCUT2D eigenvalue weighted by Crippen LogP contribution is -2.28. The number of nitrogens with zero attached hydrogens (tertiary/aromatic N) is 2. The number of rotatable bonds is 15. The minimum Gasteiger partial charge on any atom is -0.440 e. The van der Waals surface area contributed by atoms with Gasteiger partial charge in [-0.05, 0) is 153 Å². The molecule has 4 heteroatoms. The van der Waals surface area contributed by atoms with E-state index in [1.807, 2.05) is 12.1 Å². The Labute approximate surface area is 456 Å². The van der Waals surface area contributed by atoms with Crippen molar-refractivity contribution in [1.82, 2.24) is 0 Å². The predicted octanol–water partition coefficient (Wildman–Crippen LogP) is 19.9. The van der Waals surface area contributed by atoms with Crippen molar-refractivity contribution in [3.8, 4) is 22.3 Å². The molecule has 2 aromatic heterocycles. The summed E-state index contributed by atoms with van der Waals surface area (Å²) in [7, 11) is 0. The fraction of sp³-hybridized carbons (Fsp3) is 0.135. The van der Waals surface area contributed by atoms with Gasteiger partial charge in [-0.25, -0.2) is 0 Å². The third-order valence-electron chi connectivity index (χ3n) is 17.6. The molecule has 4 nitrogen and oxygen atoms in total. The Hall–Kier alpha value is -9.12. The lowest BCUT2D eigenvalue weighted by atomic mass is 9.67. The Bertz CT molecular complexity index is 3910. The number of fused-ring (bicyclic) bond motifs is 9. The van der Waals surface area contributed by atoms with Crippen molar-refractivity contribution >= 4 is 56.5 Å². The molecule has 376 valence electrons. The van der Waals surface area contributed by atoms with Gasteiger partial charge in [0, 0.05) is 56.5 Å². The summed E-state index contributed by atoms with van der Waals surface area (Å²) in [6.07, 6.45) is 8.75. The first kappa shape index (κ1) is 46.2. The van der Waals surface area contributed by atoms with Crippen LogP contribution in [-0.4, -0.2) is 0 Å². The standard InChI is InChI=1S/C74H58N2O2/c1(2-21-45-74(56-39-38-51-36-37-52(51)46-56)65-32-16-14-30-61(65)62-31-15-17-33-66(62)74)20-44-73(55-24-6-3-7-25-55)67-49-59(75(57-26-8-4-9-27-57)71-47-53-22-12-18-34-69(53)77-71)40-42-63(67)64-43-41-60(50-68(64)73)76(58-28-10-5-11-29-58)72-48-54-23-13-19-35-70(54)78-72/h3-19,22-35,38-43,46-50H,1-2,20-21,36-37,44-45H2. The first-order valence-corrected chi connectivity index (χ1v) is 28.0. The molecule has 0 atom stereocenters. The van der Waals surface area contributed by atoms with Gasteiger partial charge in [0.2, 0.25) is 11.8 Å². The molecular weight excluding hydrogens is 949 g/mol. The molecule has 3 aliphatic carbocycles. The van der Waals surface area contributed by atoms with Crippen molar-refractivity contribution in [2.75, 3.05) is 9.80 Å². The molecule has 0 saturated carbocycles. The highest BCUT2D eigenvalue weighted by Gasteiger charge is 2.47. The number of hydrogen-bond donors (Lipinski definition) is 0. The van der Waals surface area contributed by atoms with Gasteiger partial charge in [-0.1, -0.05) is 208 Å². The molecule has 2 heterocycles. The van der Waals surface area contributed by atoms with Crippen molar-refractivity contribution in [1.29, 1.82) is 0 Å². The number of para-hydroxylation sites is 4. The molecule has 78 heavy (non-hydrogen) atoms. The first-order valence-electron chi connectivity index (χ1n) is 28.0. The summed E-state index contributed by atoms with van der Waals surface area (Å²) < 4.78 is 13.5. The largest absolute Gasteiger partial charge is 0.440 e. The SMILES string of the molecule is c1ccc(N(c2ccc3c(c2)C(CCCCCCC2(c4ccc5c(c4)CC5)c4ccccc4-c4ccccc42)(c2ccccc2)c2cc(N(c4ccccc4)c4cc5ccccc5o4)ccc2-3)c2cc3ccccc3o2)cc1. The molecule has 3 aliphatic rings. The topological polar surface area (TPSA) is 32.8 Å². The van der Waals surface area contributed by atoms with Gasteiger partial charge < -0.3 is 8.83 Å². The molecule has 0 saturated heterocycles. The van der Waals surface area contributed by atoms with Crippen molar-refractivity contribution in [3.05, 3.63) is 299 Å². The smallest absolute Gasteiger partial charge is 0.205 e. The van der Waals surface area contributed by atoms with Gasteiger partial charge in [-0.2, -0.15) is 0 Å². The quantitative estimate of drug-likeness (QED) is 0.0958. The molecular formula is C74H58N2O2. The summed E-state index contributed by atoms with van der Waals surface area (Å²) in [5.74, 6) is 1.56. The zero-order chi connectivity index (χ0) is 51.6. The maximum absolute atomic E-state index is 6.74. The summed E-state index contributed by atoms with van der Waals surface area (Å²) in [6, 6.07) is 93.8. The second kappa shape index (κ2) is 18.9. The van der Waals surface area contributed by atoms with Gasteiger partial charge in [0.25, 0.3) is 0 Å².